The molecule has 0 unspecified atom stereocenters. The van der Waals surface area contributed by atoms with Gasteiger partial charge in [0.2, 0.25) is 0 Å². The normalized spacial score (nSPS) is 14.0. The van der Waals surface area contributed by atoms with Crippen LogP contribution in [0.25, 0.3) is 16.9 Å². The van der Waals surface area contributed by atoms with Crippen molar-refractivity contribution in [2.45, 2.75) is 12.8 Å². The predicted molar refractivity (Wildman–Crippen MR) is 73.3 cm³/mol. The fourth-order valence-electron chi connectivity index (χ4n) is 2.90. The highest BCUT2D eigenvalue weighted by molar-refractivity contribution is 6.02. The van der Waals surface area contributed by atoms with Gasteiger partial charge in [-0.2, -0.15) is 0 Å². The molecule has 0 saturated carbocycles. The van der Waals surface area contributed by atoms with Crippen LogP contribution in [0.4, 0.5) is 0 Å². The van der Waals surface area contributed by atoms with E-state index in [0.29, 0.717) is 6.42 Å². The molecule has 19 heavy (non-hydrogen) atoms. The van der Waals surface area contributed by atoms with Crippen LogP contribution in [0.15, 0.2) is 48.8 Å². The van der Waals surface area contributed by atoms with Crippen molar-refractivity contribution in [3.63, 3.8) is 0 Å². The zero-order chi connectivity index (χ0) is 12.8. The van der Waals surface area contributed by atoms with E-state index in [2.05, 4.69) is 21.5 Å². The largest absolute Gasteiger partial charge is 0.300 e. The third kappa shape index (κ3) is 1.45. The predicted octanol–water partition coefficient (Wildman–Crippen LogP) is 3.13. The minimum absolute atomic E-state index is 0.259. The van der Waals surface area contributed by atoms with E-state index in [9.17, 15) is 4.79 Å². The van der Waals surface area contributed by atoms with Gasteiger partial charge in [-0.1, -0.05) is 24.3 Å². The highest BCUT2D eigenvalue weighted by Gasteiger charge is 2.22. The number of carbonyl (C=O) groups excluding carboxylic acids is 1. The van der Waals surface area contributed by atoms with E-state index in [1.54, 1.807) is 6.20 Å². The molecule has 0 amide bonds. The molecular weight excluding hydrogens is 236 g/mol. The molecule has 0 N–H and O–H groups in total. The number of rotatable bonds is 1. The van der Waals surface area contributed by atoms with Gasteiger partial charge in [-0.3, -0.25) is 9.20 Å². The standard InChI is InChI=1S/C16H12N2O/c19-15-8-7-11-12(3-1-4-13(11)15)14-5-2-6-16-17-9-10-18(14)16/h1-6,9-10H,7-8H2. The van der Waals surface area contributed by atoms with Crippen molar-refractivity contribution in [2.75, 3.05) is 0 Å². The van der Waals surface area contributed by atoms with E-state index in [0.717, 1.165) is 28.9 Å². The number of hydrogen-bond acceptors (Lipinski definition) is 2. The summed E-state index contributed by atoms with van der Waals surface area (Å²) in [6, 6.07) is 12.1. The highest BCUT2D eigenvalue weighted by atomic mass is 16.1. The van der Waals surface area contributed by atoms with Gasteiger partial charge >= 0.3 is 0 Å². The molecule has 1 aliphatic rings. The lowest BCUT2D eigenvalue weighted by atomic mass is 10.00. The Kier molecular flexibility index (Phi) is 2.09. The van der Waals surface area contributed by atoms with Gasteiger partial charge in [0.1, 0.15) is 5.65 Å². The van der Waals surface area contributed by atoms with Crippen molar-refractivity contribution >= 4 is 11.4 Å². The topological polar surface area (TPSA) is 34.4 Å². The number of Topliss-reactive ketones (excluding diaryl/α,β-unsaturated/α-hetero) is 1. The van der Waals surface area contributed by atoms with Gasteiger partial charge in [-0.05, 0) is 24.1 Å². The number of carbonyl (C=O) groups is 1. The maximum absolute atomic E-state index is 11.8. The highest BCUT2D eigenvalue weighted by Crippen LogP contribution is 2.32. The molecule has 2 aromatic heterocycles. The molecule has 0 aliphatic heterocycles. The lowest BCUT2D eigenvalue weighted by molar-refractivity contribution is 0.0994. The first-order valence-corrected chi connectivity index (χ1v) is 6.42. The van der Waals surface area contributed by atoms with E-state index < -0.39 is 0 Å². The molecule has 0 radical (unpaired) electrons. The summed E-state index contributed by atoms with van der Waals surface area (Å²) < 4.78 is 2.07. The summed E-state index contributed by atoms with van der Waals surface area (Å²) >= 11 is 0. The molecular formula is C16H12N2O. The summed E-state index contributed by atoms with van der Waals surface area (Å²) in [7, 11) is 0. The summed E-state index contributed by atoms with van der Waals surface area (Å²) in [5.74, 6) is 0.259. The van der Waals surface area contributed by atoms with Crippen molar-refractivity contribution in [2.24, 2.45) is 0 Å². The van der Waals surface area contributed by atoms with E-state index in [1.807, 2.05) is 30.5 Å². The zero-order valence-corrected chi connectivity index (χ0v) is 10.3. The summed E-state index contributed by atoms with van der Waals surface area (Å²) in [5, 5.41) is 0. The molecule has 3 nitrogen and oxygen atoms in total. The number of aromatic nitrogens is 2. The molecule has 0 fully saturated rings. The third-order valence-corrected chi connectivity index (χ3v) is 3.78. The number of fused-ring (bicyclic) bond motifs is 2. The Morgan fingerprint density at radius 3 is 2.79 bits per heavy atom. The van der Waals surface area contributed by atoms with Crippen molar-refractivity contribution in [1.82, 2.24) is 9.38 Å². The van der Waals surface area contributed by atoms with Crippen molar-refractivity contribution < 1.29 is 4.79 Å². The maximum atomic E-state index is 11.8. The van der Waals surface area contributed by atoms with Crippen LogP contribution in [0.5, 0.6) is 0 Å². The Labute approximate surface area is 110 Å². The van der Waals surface area contributed by atoms with Crippen molar-refractivity contribution in [3.05, 3.63) is 59.9 Å². The van der Waals surface area contributed by atoms with Crippen molar-refractivity contribution in [1.29, 1.82) is 0 Å². The van der Waals surface area contributed by atoms with Gasteiger partial charge in [0.25, 0.3) is 0 Å². The number of pyridine rings is 1. The van der Waals surface area contributed by atoms with Gasteiger partial charge in [-0.15, -0.1) is 0 Å². The smallest absolute Gasteiger partial charge is 0.163 e. The Bertz CT molecular complexity index is 801. The van der Waals surface area contributed by atoms with Crippen LogP contribution < -0.4 is 0 Å². The van der Waals surface area contributed by atoms with Crippen molar-refractivity contribution in [3.8, 4) is 11.3 Å². The molecule has 2 heterocycles. The van der Waals surface area contributed by atoms with Gasteiger partial charge in [0, 0.05) is 29.9 Å². The monoisotopic (exact) mass is 248 g/mol. The van der Waals surface area contributed by atoms with E-state index >= 15 is 0 Å². The van der Waals surface area contributed by atoms with Crippen LogP contribution in [0.3, 0.4) is 0 Å². The first kappa shape index (κ1) is 10.5. The quantitative estimate of drug-likeness (QED) is 0.663. The molecule has 3 aromatic rings. The maximum Gasteiger partial charge on any atom is 0.163 e. The van der Waals surface area contributed by atoms with Gasteiger partial charge in [0.05, 0.1) is 5.69 Å². The molecule has 3 heteroatoms. The summed E-state index contributed by atoms with van der Waals surface area (Å²) in [5.41, 5.74) is 5.23. The minimum atomic E-state index is 0.259. The number of imidazole rings is 1. The first-order chi connectivity index (χ1) is 9.34. The second kappa shape index (κ2) is 3.79. The lowest BCUT2D eigenvalue weighted by Crippen LogP contribution is -1.96. The second-order valence-electron chi connectivity index (χ2n) is 4.82. The molecule has 1 aromatic carbocycles. The minimum Gasteiger partial charge on any atom is -0.300 e. The van der Waals surface area contributed by atoms with Crippen LogP contribution in [0.1, 0.15) is 22.3 Å². The summed E-state index contributed by atoms with van der Waals surface area (Å²) in [6.07, 6.45) is 5.23. The molecule has 0 spiro atoms. The molecule has 0 saturated heterocycles. The number of nitrogens with zero attached hydrogens (tertiary/aromatic N) is 2. The average molecular weight is 248 g/mol. The fourth-order valence-corrected chi connectivity index (χ4v) is 2.90. The fraction of sp³-hybridized carbons (Fsp3) is 0.125. The van der Waals surface area contributed by atoms with E-state index in [-0.39, 0.29) is 5.78 Å². The number of benzene rings is 1. The SMILES string of the molecule is O=C1CCc2c1cccc2-c1cccc2nccn12. The number of ketones is 1. The second-order valence-corrected chi connectivity index (χ2v) is 4.82. The van der Waals surface area contributed by atoms with Gasteiger partial charge in [-0.25, -0.2) is 4.98 Å². The molecule has 0 atom stereocenters. The Balaban J connectivity index is 2.04. The first-order valence-electron chi connectivity index (χ1n) is 6.42. The van der Waals surface area contributed by atoms with Crippen LogP contribution in [0.2, 0.25) is 0 Å². The zero-order valence-electron chi connectivity index (χ0n) is 10.3. The van der Waals surface area contributed by atoms with E-state index in [4.69, 9.17) is 0 Å². The summed E-state index contributed by atoms with van der Waals surface area (Å²) in [4.78, 5) is 16.2. The van der Waals surface area contributed by atoms with Crippen LogP contribution in [-0.2, 0) is 6.42 Å². The Hall–Kier alpha value is -2.42. The molecule has 92 valence electrons. The van der Waals surface area contributed by atoms with E-state index in [1.165, 1.54) is 5.56 Å². The average Bonchev–Trinajstić information content (AvgIpc) is 3.05. The lowest BCUT2D eigenvalue weighted by Gasteiger charge is -2.10. The molecule has 0 bridgehead atoms. The molecule has 1 aliphatic carbocycles. The molecule has 4 rings (SSSR count). The van der Waals surface area contributed by atoms with Gasteiger partial charge < -0.3 is 0 Å². The summed E-state index contributed by atoms with van der Waals surface area (Å²) in [6.45, 7) is 0. The Morgan fingerprint density at radius 1 is 1.00 bits per heavy atom. The van der Waals surface area contributed by atoms with Crippen LogP contribution >= 0.6 is 0 Å². The van der Waals surface area contributed by atoms with Crippen LogP contribution in [0, 0.1) is 0 Å². The van der Waals surface area contributed by atoms with Crippen LogP contribution in [-0.4, -0.2) is 15.2 Å². The number of hydrogen-bond donors (Lipinski definition) is 0. The van der Waals surface area contributed by atoms with Gasteiger partial charge in [0.15, 0.2) is 5.78 Å². The third-order valence-electron chi connectivity index (χ3n) is 3.78. The Morgan fingerprint density at radius 2 is 1.84 bits per heavy atom.